The minimum atomic E-state index is 0.0920. The Morgan fingerprint density at radius 2 is 2.38 bits per heavy atom. The van der Waals surface area contributed by atoms with E-state index in [0.717, 1.165) is 19.0 Å². The minimum Gasteiger partial charge on any atom is -0.359 e. The van der Waals surface area contributed by atoms with E-state index in [0.29, 0.717) is 13.0 Å². The molecule has 4 nitrogen and oxygen atoms in total. The van der Waals surface area contributed by atoms with Crippen molar-refractivity contribution in [1.82, 2.24) is 10.2 Å². The number of rotatable bonds is 6. The van der Waals surface area contributed by atoms with E-state index >= 15 is 0 Å². The fourth-order valence-corrected chi connectivity index (χ4v) is 2.52. The molecule has 0 bridgehead atoms. The molecule has 0 aromatic heterocycles. The number of carbonyl (C=O) groups excluding carboxylic acids is 1. The van der Waals surface area contributed by atoms with Gasteiger partial charge in [0, 0.05) is 32.6 Å². The number of likely N-dealkylation sites (tertiary alicyclic amines) is 1. The summed E-state index contributed by atoms with van der Waals surface area (Å²) < 4.78 is 0. The Balaban J connectivity index is 2.39. The normalized spacial score (nSPS) is 23.3. The highest BCUT2D eigenvalue weighted by molar-refractivity contribution is 5.76. The van der Waals surface area contributed by atoms with Gasteiger partial charge in [0.2, 0.25) is 5.91 Å². The molecule has 16 heavy (non-hydrogen) atoms. The number of carbonyl (C=O) groups is 1. The summed E-state index contributed by atoms with van der Waals surface area (Å²) >= 11 is 0. The van der Waals surface area contributed by atoms with Gasteiger partial charge in [0.15, 0.2) is 0 Å². The van der Waals surface area contributed by atoms with Gasteiger partial charge in [0.25, 0.3) is 0 Å². The maximum absolute atomic E-state index is 11.4. The van der Waals surface area contributed by atoms with Crippen molar-refractivity contribution >= 4 is 5.91 Å². The molecule has 1 aliphatic heterocycles. The number of nitrogens with one attached hydrogen (secondary N) is 1. The standard InChI is InChI=1S/C12H25N3O/c1-3-4-10-5-6-15(9-10)11(8-13)7-12(16)14-2/h10-11H,3-9,13H2,1-2H3,(H,14,16). The molecule has 2 atom stereocenters. The molecule has 0 aromatic carbocycles. The summed E-state index contributed by atoms with van der Waals surface area (Å²) in [7, 11) is 1.68. The minimum absolute atomic E-state index is 0.0920. The van der Waals surface area contributed by atoms with Crippen LogP contribution in [0.1, 0.15) is 32.6 Å². The molecule has 94 valence electrons. The van der Waals surface area contributed by atoms with Gasteiger partial charge in [-0.15, -0.1) is 0 Å². The Morgan fingerprint density at radius 1 is 1.62 bits per heavy atom. The molecule has 1 rings (SSSR count). The summed E-state index contributed by atoms with van der Waals surface area (Å²) in [4.78, 5) is 13.7. The van der Waals surface area contributed by atoms with Crippen LogP contribution in [-0.2, 0) is 4.79 Å². The summed E-state index contributed by atoms with van der Waals surface area (Å²) in [6, 6.07) is 0.224. The van der Waals surface area contributed by atoms with Gasteiger partial charge < -0.3 is 11.1 Å². The maximum atomic E-state index is 11.4. The Kier molecular flexibility index (Phi) is 5.77. The van der Waals surface area contributed by atoms with E-state index in [-0.39, 0.29) is 11.9 Å². The molecule has 0 aliphatic carbocycles. The molecular weight excluding hydrogens is 202 g/mol. The molecule has 0 saturated carbocycles. The van der Waals surface area contributed by atoms with Crippen LogP contribution in [0.4, 0.5) is 0 Å². The van der Waals surface area contributed by atoms with Crippen molar-refractivity contribution < 1.29 is 4.79 Å². The first-order valence-corrected chi connectivity index (χ1v) is 6.35. The summed E-state index contributed by atoms with van der Waals surface area (Å²) in [5.74, 6) is 0.901. The quantitative estimate of drug-likeness (QED) is 0.697. The number of hydrogen-bond acceptors (Lipinski definition) is 3. The van der Waals surface area contributed by atoms with Gasteiger partial charge in [0.1, 0.15) is 0 Å². The highest BCUT2D eigenvalue weighted by Crippen LogP contribution is 2.23. The molecule has 1 fully saturated rings. The first-order chi connectivity index (χ1) is 7.71. The Hall–Kier alpha value is -0.610. The lowest BCUT2D eigenvalue weighted by atomic mass is 10.0. The van der Waals surface area contributed by atoms with Crippen LogP contribution in [0, 0.1) is 5.92 Å². The van der Waals surface area contributed by atoms with Gasteiger partial charge in [-0.3, -0.25) is 9.69 Å². The average Bonchev–Trinajstić information content (AvgIpc) is 2.74. The van der Waals surface area contributed by atoms with E-state index < -0.39 is 0 Å². The molecule has 2 unspecified atom stereocenters. The van der Waals surface area contributed by atoms with Crippen molar-refractivity contribution in [3.05, 3.63) is 0 Å². The maximum Gasteiger partial charge on any atom is 0.221 e. The van der Waals surface area contributed by atoms with Crippen molar-refractivity contribution in [3.63, 3.8) is 0 Å². The molecule has 1 saturated heterocycles. The fourth-order valence-electron chi connectivity index (χ4n) is 2.52. The third kappa shape index (κ3) is 3.76. The lowest BCUT2D eigenvalue weighted by Gasteiger charge is -2.26. The van der Waals surface area contributed by atoms with Crippen molar-refractivity contribution in [2.75, 3.05) is 26.7 Å². The van der Waals surface area contributed by atoms with E-state index in [2.05, 4.69) is 17.1 Å². The van der Waals surface area contributed by atoms with Crippen LogP contribution in [0.2, 0.25) is 0 Å². The Labute approximate surface area is 98.6 Å². The number of nitrogens with zero attached hydrogens (tertiary/aromatic N) is 1. The molecule has 0 spiro atoms. The third-order valence-electron chi connectivity index (χ3n) is 3.50. The Morgan fingerprint density at radius 3 is 2.94 bits per heavy atom. The SMILES string of the molecule is CCCC1CCN(C(CN)CC(=O)NC)C1. The zero-order chi connectivity index (χ0) is 12.0. The van der Waals surface area contributed by atoms with Crippen LogP contribution in [0.15, 0.2) is 0 Å². The van der Waals surface area contributed by atoms with E-state index in [1.807, 2.05) is 0 Å². The predicted octanol–water partition coefficient (Wildman–Crippen LogP) is 0.572. The number of nitrogens with two attached hydrogens (primary N) is 1. The second-order valence-corrected chi connectivity index (χ2v) is 4.71. The van der Waals surface area contributed by atoms with Crippen LogP contribution in [0.3, 0.4) is 0 Å². The molecule has 1 aliphatic rings. The summed E-state index contributed by atoms with van der Waals surface area (Å²) in [6.45, 7) is 5.02. The first-order valence-electron chi connectivity index (χ1n) is 6.35. The van der Waals surface area contributed by atoms with Crippen LogP contribution < -0.4 is 11.1 Å². The largest absolute Gasteiger partial charge is 0.359 e. The lowest BCUT2D eigenvalue weighted by Crippen LogP contribution is -2.42. The smallest absolute Gasteiger partial charge is 0.221 e. The number of hydrogen-bond donors (Lipinski definition) is 2. The van der Waals surface area contributed by atoms with Gasteiger partial charge in [0.05, 0.1) is 0 Å². The molecular formula is C12H25N3O. The third-order valence-corrected chi connectivity index (χ3v) is 3.50. The van der Waals surface area contributed by atoms with Crippen LogP contribution in [0.5, 0.6) is 0 Å². The van der Waals surface area contributed by atoms with Crippen LogP contribution in [0.25, 0.3) is 0 Å². The predicted molar refractivity (Wildman–Crippen MR) is 66.1 cm³/mol. The second kappa shape index (κ2) is 6.86. The summed E-state index contributed by atoms with van der Waals surface area (Å²) in [6.07, 6.45) is 4.35. The molecule has 1 heterocycles. The Bertz CT molecular complexity index is 220. The highest BCUT2D eigenvalue weighted by atomic mass is 16.1. The topological polar surface area (TPSA) is 58.4 Å². The van der Waals surface area contributed by atoms with Crippen LogP contribution >= 0.6 is 0 Å². The van der Waals surface area contributed by atoms with E-state index in [9.17, 15) is 4.79 Å². The van der Waals surface area contributed by atoms with Gasteiger partial charge in [-0.05, 0) is 25.3 Å². The van der Waals surface area contributed by atoms with Gasteiger partial charge >= 0.3 is 0 Å². The van der Waals surface area contributed by atoms with E-state index in [1.165, 1.54) is 19.3 Å². The summed E-state index contributed by atoms with van der Waals surface area (Å²) in [5.41, 5.74) is 5.75. The monoisotopic (exact) mass is 227 g/mol. The van der Waals surface area contributed by atoms with Gasteiger partial charge in [-0.1, -0.05) is 13.3 Å². The molecule has 0 radical (unpaired) electrons. The molecule has 4 heteroatoms. The lowest BCUT2D eigenvalue weighted by molar-refractivity contribution is -0.121. The van der Waals surface area contributed by atoms with Crippen molar-refractivity contribution in [2.24, 2.45) is 11.7 Å². The average molecular weight is 227 g/mol. The number of amides is 1. The van der Waals surface area contributed by atoms with Crippen LogP contribution in [-0.4, -0.2) is 43.5 Å². The van der Waals surface area contributed by atoms with E-state index in [4.69, 9.17) is 5.73 Å². The van der Waals surface area contributed by atoms with Gasteiger partial charge in [-0.25, -0.2) is 0 Å². The van der Waals surface area contributed by atoms with Crippen molar-refractivity contribution in [1.29, 1.82) is 0 Å². The fraction of sp³-hybridized carbons (Fsp3) is 0.917. The summed E-state index contributed by atoms with van der Waals surface area (Å²) in [5, 5.41) is 2.67. The zero-order valence-corrected chi connectivity index (χ0v) is 10.5. The van der Waals surface area contributed by atoms with Gasteiger partial charge in [-0.2, -0.15) is 0 Å². The van der Waals surface area contributed by atoms with Crippen molar-refractivity contribution in [2.45, 2.75) is 38.6 Å². The second-order valence-electron chi connectivity index (χ2n) is 4.71. The molecule has 3 N–H and O–H groups in total. The molecule has 1 amide bonds. The first kappa shape index (κ1) is 13.5. The molecule has 0 aromatic rings. The highest BCUT2D eigenvalue weighted by Gasteiger charge is 2.27. The van der Waals surface area contributed by atoms with Crippen molar-refractivity contribution in [3.8, 4) is 0 Å². The van der Waals surface area contributed by atoms with E-state index in [1.54, 1.807) is 7.05 Å². The zero-order valence-electron chi connectivity index (χ0n) is 10.5.